The fourth-order valence-corrected chi connectivity index (χ4v) is 5.91. The molecule has 6 heteroatoms. The average Bonchev–Trinajstić information content (AvgIpc) is 2.80. The quantitative estimate of drug-likeness (QED) is 0.790. The number of nitrogens with one attached hydrogen (secondary N) is 1. The van der Waals surface area contributed by atoms with E-state index in [-0.39, 0.29) is 17.5 Å². The molecule has 3 aliphatic rings. The molecule has 2 bridgehead atoms. The molecule has 5 rings (SSSR count). The Labute approximate surface area is 183 Å². The lowest BCUT2D eigenvalue weighted by molar-refractivity contribution is 0.138. The molecular weight excluding hydrogens is 390 g/mol. The number of pyridine rings is 1. The third-order valence-electron chi connectivity index (χ3n) is 7.30. The number of aromatic nitrogens is 1. The average molecular weight is 422 g/mol. The number of anilines is 1. The number of hydrogen-bond donors (Lipinski definition) is 1. The van der Waals surface area contributed by atoms with Gasteiger partial charge in [0.1, 0.15) is 5.75 Å². The number of hydrogen-bond acceptors (Lipinski definition) is 3. The number of amides is 2. The number of ether oxygens (including phenoxy) is 1. The van der Waals surface area contributed by atoms with E-state index in [2.05, 4.69) is 11.4 Å². The van der Waals surface area contributed by atoms with E-state index < -0.39 is 0 Å². The number of para-hydroxylation sites is 2. The van der Waals surface area contributed by atoms with Gasteiger partial charge in [0, 0.05) is 37.3 Å². The Morgan fingerprint density at radius 2 is 1.81 bits per heavy atom. The number of fused-ring (bicyclic) bond motifs is 4. The molecule has 31 heavy (non-hydrogen) atoms. The van der Waals surface area contributed by atoms with Crippen molar-refractivity contribution in [2.24, 2.45) is 5.92 Å². The summed E-state index contributed by atoms with van der Waals surface area (Å²) in [6.45, 7) is 2.04. The van der Waals surface area contributed by atoms with Crippen LogP contribution in [0.25, 0.3) is 0 Å². The van der Waals surface area contributed by atoms with Crippen LogP contribution in [0, 0.1) is 5.92 Å². The van der Waals surface area contributed by atoms with Gasteiger partial charge < -0.3 is 19.5 Å². The number of methoxy groups -OCH3 is 1. The maximum atomic E-state index is 13.1. The number of carbonyl (C=O) groups excluding carboxylic acids is 1. The minimum Gasteiger partial charge on any atom is -0.495 e. The van der Waals surface area contributed by atoms with Gasteiger partial charge >= 0.3 is 6.03 Å². The summed E-state index contributed by atoms with van der Waals surface area (Å²) in [5, 5.41) is 3.03. The zero-order valence-corrected chi connectivity index (χ0v) is 18.2. The smallest absolute Gasteiger partial charge is 0.321 e. The van der Waals surface area contributed by atoms with Gasteiger partial charge in [-0.25, -0.2) is 4.79 Å². The summed E-state index contributed by atoms with van der Waals surface area (Å²) >= 11 is 0. The molecule has 2 aliphatic heterocycles. The minimum absolute atomic E-state index is 0.0925. The van der Waals surface area contributed by atoms with Crippen molar-refractivity contribution in [2.75, 3.05) is 25.5 Å². The third-order valence-corrected chi connectivity index (χ3v) is 7.30. The van der Waals surface area contributed by atoms with Gasteiger partial charge in [-0.1, -0.05) is 37.5 Å². The molecule has 2 amide bonds. The molecule has 164 valence electrons. The zero-order chi connectivity index (χ0) is 21.4. The third kappa shape index (κ3) is 3.84. The number of urea groups is 1. The number of carbonyl (C=O) groups is 1. The first-order valence-electron chi connectivity index (χ1n) is 11.6. The van der Waals surface area contributed by atoms with E-state index in [0.717, 1.165) is 6.42 Å². The molecule has 1 saturated heterocycles. The Hall–Kier alpha value is -2.76. The molecule has 0 radical (unpaired) electrons. The largest absolute Gasteiger partial charge is 0.495 e. The molecule has 6 nitrogen and oxygen atoms in total. The van der Waals surface area contributed by atoms with Crippen LogP contribution in [-0.4, -0.2) is 35.7 Å². The van der Waals surface area contributed by atoms with Crippen LogP contribution in [0.15, 0.2) is 41.2 Å². The van der Waals surface area contributed by atoms with Crippen LogP contribution in [0.4, 0.5) is 10.5 Å². The molecule has 2 atom stereocenters. The van der Waals surface area contributed by atoms with Gasteiger partial charge in [0.2, 0.25) is 0 Å². The van der Waals surface area contributed by atoms with Gasteiger partial charge in [-0.05, 0) is 48.8 Å². The molecule has 0 spiro atoms. The Kier molecular flexibility index (Phi) is 5.47. The predicted octanol–water partition coefficient (Wildman–Crippen LogP) is 4.56. The summed E-state index contributed by atoms with van der Waals surface area (Å²) < 4.78 is 7.41. The highest BCUT2D eigenvalue weighted by molar-refractivity contribution is 5.91. The summed E-state index contributed by atoms with van der Waals surface area (Å²) in [7, 11) is 1.61. The van der Waals surface area contributed by atoms with E-state index in [1.807, 2.05) is 33.7 Å². The number of piperidine rings is 1. The maximum absolute atomic E-state index is 13.1. The van der Waals surface area contributed by atoms with E-state index >= 15 is 0 Å². The highest BCUT2D eigenvalue weighted by Crippen LogP contribution is 2.42. The topological polar surface area (TPSA) is 63.6 Å². The van der Waals surface area contributed by atoms with E-state index in [4.69, 9.17) is 4.74 Å². The predicted molar refractivity (Wildman–Crippen MR) is 121 cm³/mol. The molecule has 1 aromatic carbocycles. The normalized spacial score (nSPS) is 23.2. The van der Waals surface area contributed by atoms with Crippen molar-refractivity contribution in [3.8, 4) is 5.75 Å². The first-order chi connectivity index (χ1) is 15.1. The standard InChI is InChI=1S/C25H31N3O3/c1-31-22-10-6-5-9-21(22)26-25(30)27-14-17-13-19(16-27)24-20(18-7-3-2-4-8-18)11-12-23(29)28(24)15-17/h5-6,9-12,17-19H,2-4,7-8,13-16H2,1H3,(H,26,30). The lowest BCUT2D eigenvalue weighted by Gasteiger charge is -2.44. The van der Waals surface area contributed by atoms with Crippen LogP contribution in [0.5, 0.6) is 5.75 Å². The van der Waals surface area contributed by atoms with Gasteiger partial charge in [0.25, 0.3) is 5.56 Å². The van der Waals surface area contributed by atoms with Crippen LogP contribution in [0.3, 0.4) is 0 Å². The molecular formula is C25H31N3O3. The van der Waals surface area contributed by atoms with Crippen molar-refractivity contribution in [1.29, 1.82) is 0 Å². The molecule has 1 N–H and O–H groups in total. The van der Waals surface area contributed by atoms with Crippen molar-refractivity contribution in [1.82, 2.24) is 9.47 Å². The van der Waals surface area contributed by atoms with Gasteiger partial charge in [-0.15, -0.1) is 0 Å². The molecule has 2 unspecified atom stereocenters. The monoisotopic (exact) mass is 421 g/mol. The van der Waals surface area contributed by atoms with Crippen molar-refractivity contribution in [2.45, 2.75) is 56.9 Å². The summed E-state index contributed by atoms with van der Waals surface area (Å²) in [4.78, 5) is 27.8. The number of benzene rings is 1. The van der Waals surface area contributed by atoms with E-state index in [9.17, 15) is 9.59 Å². The number of nitrogens with zero attached hydrogens (tertiary/aromatic N) is 2. The highest BCUT2D eigenvalue weighted by Gasteiger charge is 2.38. The van der Waals surface area contributed by atoms with Crippen molar-refractivity contribution in [3.63, 3.8) is 0 Å². The van der Waals surface area contributed by atoms with E-state index in [0.29, 0.717) is 42.9 Å². The molecule has 3 heterocycles. The highest BCUT2D eigenvalue weighted by atomic mass is 16.5. The van der Waals surface area contributed by atoms with Gasteiger partial charge in [-0.3, -0.25) is 4.79 Å². The van der Waals surface area contributed by atoms with Gasteiger partial charge in [-0.2, -0.15) is 0 Å². The van der Waals surface area contributed by atoms with Crippen molar-refractivity contribution >= 4 is 11.7 Å². The summed E-state index contributed by atoms with van der Waals surface area (Å²) in [5.74, 6) is 1.74. The Bertz CT molecular complexity index is 1020. The second-order valence-electron chi connectivity index (χ2n) is 9.29. The Morgan fingerprint density at radius 1 is 1.00 bits per heavy atom. The summed E-state index contributed by atoms with van der Waals surface area (Å²) in [6.07, 6.45) is 7.32. The molecule has 1 aromatic heterocycles. The molecule has 2 aromatic rings. The second-order valence-corrected chi connectivity index (χ2v) is 9.29. The van der Waals surface area contributed by atoms with Crippen LogP contribution in [-0.2, 0) is 6.54 Å². The minimum atomic E-state index is -0.0925. The SMILES string of the molecule is COc1ccccc1NC(=O)N1CC2CC(C1)c1c(C3CCCCC3)ccc(=O)n1C2. The van der Waals surface area contributed by atoms with Crippen LogP contribution in [0.1, 0.15) is 61.6 Å². The van der Waals surface area contributed by atoms with Crippen LogP contribution in [0.2, 0.25) is 0 Å². The Balaban J connectivity index is 1.41. The lowest BCUT2D eigenvalue weighted by atomic mass is 9.76. The summed E-state index contributed by atoms with van der Waals surface area (Å²) in [6, 6.07) is 11.2. The number of likely N-dealkylation sites (tertiary alicyclic amines) is 1. The first-order valence-corrected chi connectivity index (χ1v) is 11.6. The van der Waals surface area contributed by atoms with Crippen molar-refractivity contribution in [3.05, 3.63) is 58.0 Å². The van der Waals surface area contributed by atoms with Crippen LogP contribution < -0.4 is 15.6 Å². The van der Waals surface area contributed by atoms with E-state index in [1.54, 1.807) is 13.2 Å². The van der Waals surface area contributed by atoms with Gasteiger partial charge in [0.15, 0.2) is 0 Å². The van der Waals surface area contributed by atoms with Crippen molar-refractivity contribution < 1.29 is 9.53 Å². The fraction of sp³-hybridized carbons (Fsp3) is 0.520. The van der Waals surface area contributed by atoms with Gasteiger partial charge in [0.05, 0.1) is 12.8 Å². The molecule has 2 fully saturated rings. The fourth-order valence-electron chi connectivity index (χ4n) is 5.91. The molecule has 1 aliphatic carbocycles. The lowest BCUT2D eigenvalue weighted by Crippen LogP contribution is -2.50. The molecule has 1 saturated carbocycles. The van der Waals surface area contributed by atoms with E-state index in [1.165, 1.54) is 43.4 Å². The van der Waals surface area contributed by atoms with Crippen LogP contribution >= 0.6 is 0 Å². The zero-order valence-electron chi connectivity index (χ0n) is 18.2. The maximum Gasteiger partial charge on any atom is 0.321 e. The Morgan fingerprint density at radius 3 is 2.61 bits per heavy atom. The summed E-state index contributed by atoms with van der Waals surface area (Å²) in [5.41, 5.74) is 3.35. The number of rotatable bonds is 3. The second kappa shape index (κ2) is 8.40. The first kappa shape index (κ1) is 20.2.